The quantitative estimate of drug-likeness (QED) is 0.922. The van der Waals surface area contributed by atoms with Crippen molar-refractivity contribution in [3.05, 3.63) is 35.9 Å². The third-order valence-electron chi connectivity index (χ3n) is 4.37. The molecule has 21 heavy (non-hydrogen) atoms. The molecule has 2 amide bonds. The Bertz CT molecular complexity index is 452. The third kappa shape index (κ3) is 4.21. The van der Waals surface area contributed by atoms with E-state index in [2.05, 4.69) is 35.6 Å². The van der Waals surface area contributed by atoms with Crippen LogP contribution in [0.25, 0.3) is 0 Å². The van der Waals surface area contributed by atoms with E-state index in [-0.39, 0.29) is 11.4 Å². The fourth-order valence-corrected chi connectivity index (χ4v) is 3.29. The van der Waals surface area contributed by atoms with Gasteiger partial charge in [0, 0.05) is 27.7 Å². The first-order valence-corrected chi connectivity index (χ1v) is 7.69. The van der Waals surface area contributed by atoms with Crippen molar-refractivity contribution in [2.24, 2.45) is 5.41 Å². The number of nitrogens with one attached hydrogen (secondary N) is 1. The Morgan fingerprint density at radius 1 is 1.14 bits per heavy atom. The summed E-state index contributed by atoms with van der Waals surface area (Å²) in [6, 6.07) is 10.7. The Kier molecular flexibility index (Phi) is 5.23. The fraction of sp³-hybridized carbons (Fsp3) is 0.588. The van der Waals surface area contributed by atoms with Crippen LogP contribution in [0.3, 0.4) is 0 Å². The highest BCUT2D eigenvalue weighted by molar-refractivity contribution is 5.73. The second-order valence-electron chi connectivity index (χ2n) is 6.45. The number of amides is 2. The number of rotatable bonds is 4. The zero-order chi connectivity index (χ0) is 15.3. The van der Waals surface area contributed by atoms with E-state index in [1.807, 2.05) is 26.0 Å². The minimum absolute atomic E-state index is 0.0842. The SMILES string of the molecule is CN(C)C(=O)N(C)CC1(Cc2ccccc2)CCNCC1. The number of carbonyl (C=O) groups excluding carboxylic acids is 1. The van der Waals surface area contributed by atoms with Crippen LogP contribution in [0.2, 0.25) is 0 Å². The first-order chi connectivity index (χ1) is 10.0. The Morgan fingerprint density at radius 2 is 1.76 bits per heavy atom. The molecule has 1 fully saturated rings. The molecule has 0 aliphatic carbocycles. The van der Waals surface area contributed by atoms with Crippen molar-refractivity contribution in [1.82, 2.24) is 15.1 Å². The average molecular weight is 289 g/mol. The highest BCUT2D eigenvalue weighted by Crippen LogP contribution is 2.34. The molecule has 1 saturated heterocycles. The predicted molar refractivity (Wildman–Crippen MR) is 86.4 cm³/mol. The predicted octanol–water partition coefficient (Wildman–Crippen LogP) is 2.21. The van der Waals surface area contributed by atoms with Gasteiger partial charge in [-0.15, -0.1) is 0 Å². The van der Waals surface area contributed by atoms with Crippen LogP contribution in [-0.4, -0.2) is 56.6 Å². The standard InChI is InChI=1S/C17H27N3O/c1-19(2)16(21)20(3)14-17(9-11-18-12-10-17)13-15-7-5-4-6-8-15/h4-8,18H,9-14H2,1-3H3. The monoisotopic (exact) mass is 289 g/mol. The Morgan fingerprint density at radius 3 is 2.33 bits per heavy atom. The van der Waals surface area contributed by atoms with Gasteiger partial charge in [0.2, 0.25) is 0 Å². The van der Waals surface area contributed by atoms with Gasteiger partial charge in [0.25, 0.3) is 0 Å². The summed E-state index contributed by atoms with van der Waals surface area (Å²) in [5.74, 6) is 0. The summed E-state index contributed by atoms with van der Waals surface area (Å²) in [6.45, 7) is 2.90. The number of piperidine rings is 1. The van der Waals surface area contributed by atoms with Crippen molar-refractivity contribution < 1.29 is 4.79 Å². The Labute approximate surface area is 128 Å². The molecule has 1 aromatic carbocycles. The zero-order valence-corrected chi connectivity index (χ0v) is 13.4. The van der Waals surface area contributed by atoms with E-state index in [4.69, 9.17) is 0 Å². The molecule has 0 atom stereocenters. The van der Waals surface area contributed by atoms with E-state index < -0.39 is 0 Å². The fourth-order valence-electron chi connectivity index (χ4n) is 3.29. The van der Waals surface area contributed by atoms with Crippen molar-refractivity contribution in [2.75, 3.05) is 40.8 Å². The van der Waals surface area contributed by atoms with Crippen molar-refractivity contribution in [3.8, 4) is 0 Å². The van der Waals surface area contributed by atoms with E-state index in [0.717, 1.165) is 38.9 Å². The lowest BCUT2D eigenvalue weighted by Crippen LogP contribution is -2.48. The maximum atomic E-state index is 12.1. The van der Waals surface area contributed by atoms with E-state index in [0.29, 0.717) is 0 Å². The molecule has 0 bridgehead atoms. The van der Waals surface area contributed by atoms with E-state index in [1.165, 1.54) is 5.56 Å². The third-order valence-corrected chi connectivity index (χ3v) is 4.37. The van der Waals surface area contributed by atoms with Crippen LogP contribution in [-0.2, 0) is 6.42 Å². The molecule has 0 unspecified atom stereocenters. The summed E-state index contributed by atoms with van der Waals surface area (Å²) in [4.78, 5) is 15.7. The number of carbonyl (C=O) groups is 1. The molecule has 1 N–H and O–H groups in total. The summed E-state index contributed by atoms with van der Waals surface area (Å²) in [7, 11) is 5.54. The maximum absolute atomic E-state index is 12.1. The lowest BCUT2D eigenvalue weighted by atomic mass is 9.74. The molecule has 0 radical (unpaired) electrons. The Balaban J connectivity index is 2.11. The van der Waals surface area contributed by atoms with Gasteiger partial charge in [0.1, 0.15) is 0 Å². The smallest absolute Gasteiger partial charge is 0.319 e. The summed E-state index contributed by atoms with van der Waals surface area (Å²) in [5, 5.41) is 3.44. The van der Waals surface area contributed by atoms with Crippen LogP contribution in [0, 0.1) is 5.41 Å². The molecule has 2 rings (SSSR count). The summed E-state index contributed by atoms with van der Waals surface area (Å²) < 4.78 is 0. The molecular weight excluding hydrogens is 262 g/mol. The van der Waals surface area contributed by atoms with Crippen LogP contribution in [0.15, 0.2) is 30.3 Å². The molecule has 116 valence electrons. The highest BCUT2D eigenvalue weighted by atomic mass is 16.2. The van der Waals surface area contributed by atoms with Crippen LogP contribution in [0.5, 0.6) is 0 Å². The molecular formula is C17H27N3O. The van der Waals surface area contributed by atoms with Crippen LogP contribution < -0.4 is 5.32 Å². The van der Waals surface area contributed by atoms with Crippen LogP contribution in [0.1, 0.15) is 18.4 Å². The largest absolute Gasteiger partial charge is 0.331 e. The van der Waals surface area contributed by atoms with E-state index >= 15 is 0 Å². The minimum Gasteiger partial charge on any atom is -0.331 e. The molecule has 0 saturated carbocycles. The normalized spacial score (nSPS) is 17.3. The summed E-state index contributed by atoms with van der Waals surface area (Å²) in [5.41, 5.74) is 1.55. The molecule has 4 nitrogen and oxygen atoms in total. The lowest BCUT2D eigenvalue weighted by Gasteiger charge is -2.41. The number of benzene rings is 1. The first-order valence-electron chi connectivity index (χ1n) is 7.69. The van der Waals surface area contributed by atoms with E-state index in [9.17, 15) is 4.79 Å². The summed E-state index contributed by atoms with van der Waals surface area (Å²) >= 11 is 0. The van der Waals surface area contributed by atoms with Crippen molar-refractivity contribution in [2.45, 2.75) is 19.3 Å². The van der Waals surface area contributed by atoms with Gasteiger partial charge in [0.05, 0.1) is 0 Å². The molecule has 0 spiro atoms. The van der Waals surface area contributed by atoms with Gasteiger partial charge in [-0.25, -0.2) is 4.79 Å². The van der Waals surface area contributed by atoms with E-state index in [1.54, 1.807) is 4.90 Å². The number of nitrogens with zero attached hydrogens (tertiary/aromatic N) is 2. The van der Waals surface area contributed by atoms with Gasteiger partial charge in [-0.1, -0.05) is 30.3 Å². The van der Waals surface area contributed by atoms with Gasteiger partial charge in [-0.2, -0.15) is 0 Å². The van der Waals surface area contributed by atoms with Crippen LogP contribution in [0.4, 0.5) is 4.79 Å². The van der Waals surface area contributed by atoms with Crippen molar-refractivity contribution in [1.29, 1.82) is 0 Å². The van der Waals surface area contributed by atoms with Crippen molar-refractivity contribution >= 4 is 6.03 Å². The molecule has 0 aromatic heterocycles. The van der Waals surface area contributed by atoms with Gasteiger partial charge < -0.3 is 15.1 Å². The highest BCUT2D eigenvalue weighted by Gasteiger charge is 2.34. The molecule has 1 heterocycles. The topological polar surface area (TPSA) is 35.6 Å². The lowest BCUT2D eigenvalue weighted by molar-refractivity contribution is 0.121. The molecule has 1 aromatic rings. The second-order valence-corrected chi connectivity index (χ2v) is 6.45. The molecule has 4 heteroatoms. The molecule has 1 aliphatic rings. The minimum atomic E-state index is 0.0842. The van der Waals surface area contributed by atoms with Gasteiger partial charge in [0.15, 0.2) is 0 Å². The number of urea groups is 1. The Hall–Kier alpha value is -1.55. The van der Waals surface area contributed by atoms with Gasteiger partial charge in [-0.05, 0) is 43.3 Å². The average Bonchev–Trinajstić information content (AvgIpc) is 2.48. The number of hydrogen-bond acceptors (Lipinski definition) is 2. The van der Waals surface area contributed by atoms with Crippen molar-refractivity contribution in [3.63, 3.8) is 0 Å². The summed E-state index contributed by atoms with van der Waals surface area (Å²) in [6.07, 6.45) is 3.28. The number of hydrogen-bond donors (Lipinski definition) is 1. The zero-order valence-electron chi connectivity index (χ0n) is 13.4. The second kappa shape index (κ2) is 6.94. The maximum Gasteiger partial charge on any atom is 0.319 e. The molecule has 1 aliphatic heterocycles. The first kappa shape index (κ1) is 15.8. The van der Waals surface area contributed by atoms with Crippen LogP contribution >= 0.6 is 0 Å². The van der Waals surface area contributed by atoms with Gasteiger partial charge in [-0.3, -0.25) is 0 Å². The van der Waals surface area contributed by atoms with Gasteiger partial charge >= 0.3 is 6.03 Å².